The van der Waals surface area contributed by atoms with E-state index in [-0.39, 0.29) is 11.9 Å². The zero-order valence-electron chi connectivity index (χ0n) is 14.6. The summed E-state index contributed by atoms with van der Waals surface area (Å²) in [6.45, 7) is 4.78. The molecule has 2 heterocycles. The van der Waals surface area contributed by atoms with Crippen molar-refractivity contribution in [1.82, 2.24) is 19.6 Å². The van der Waals surface area contributed by atoms with E-state index < -0.39 is 0 Å². The molecule has 1 saturated heterocycles. The maximum absolute atomic E-state index is 12.8. The van der Waals surface area contributed by atoms with Crippen LogP contribution >= 0.6 is 0 Å². The molecule has 2 aromatic rings. The Morgan fingerprint density at radius 2 is 1.96 bits per heavy atom. The van der Waals surface area contributed by atoms with Crippen LogP contribution in [0, 0.1) is 0 Å². The molecule has 3 rings (SSSR count). The van der Waals surface area contributed by atoms with Crippen LogP contribution in [0.25, 0.3) is 5.69 Å². The van der Waals surface area contributed by atoms with Crippen molar-refractivity contribution in [1.29, 1.82) is 0 Å². The van der Waals surface area contributed by atoms with Crippen molar-refractivity contribution in [3.05, 3.63) is 48.3 Å². The molecule has 1 amide bonds. The number of hydrogen-bond acceptors (Lipinski definition) is 3. The van der Waals surface area contributed by atoms with Crippen LogP contribution in [-0.4, -0.2) is 51.7 Å². The zero-order chi connectivity index (χ0) is 16.9. The van der Waals surface area contributed by atoms with Gasteiger partial charge in [-0.25, -0.2) is 4.68 Å². The van der Waals surface area contributed by atoms with Gasteiger partial charge < -0.3 is 4.90 Å². The minimum absolute atomic E-state index is 0.0154. The molecule has 1 aliphatic rings. The van der Waals surface area contributed by atoms with Crippen molar-refractivity contribution in [2.45, 2.75) is 38.8 Å². The second-order valence-corrected chi connectivity index (χ2v) is 6.49. The van der Waals surface area contributed by atoms with Crippen molar-refractivity contribution in [2.24, 2.45) is 0 Å². The van der Waals surface area contributed by atoms with Gasteiger partial charge in [0.1, 0.15) is 0 Å². The Balaban J connectivity index is 1.65. The molecule has 1 fully saturated rings. The fourth-order valence-electron chi connectivity index (χ4n) is 3.41. The summed E-state index contributed by atoms with van der Waals surface area (Å²) in [7, 11) is 1.89. The fourth-order valence-corrected chi connectivity index (χ4v) is 3.41. The van der Waals surface area contributed by atoms with Gasteiger partial charge in [-0.15, -0.1) is 0 Å². The Hall–Kier alpha value is -2.14. The fraction of sp³-hybridized carbons (Fsp3) is 0.474. The number of amides is 1. The molecular formula is C19H26N4O. The molecule has 128 valence electrons. The summed E-state index contributed by atoms with van der Waals surface area (Å²) in [6.07, 6.45) is 7.12. The van der Waals surface area contributed by atoms with Gasteiger partial charge in [-0.05, 0) is 44.5 Å². The number of likely N-dealkylation sites (tertiary alicyclic amines) is 1. The molecule has 0 bridgehead atoms. The first-order chi connectivity index (χ1) is 11.7. The second kappa shape index (κ2) is 7.62. The molecule has 1 aromatic heterocycles. The van der Waals surface area contributed by atoms with Gasteiger partial charge in [-0.3, -0.25) is 9.69 Å². The number of aromatic nitrogens is 2. The van der Waals surface area contributed by atoms with Crippen molar-refractivity contribution in [3.63, 3.8) is 0 Å². The van der Waals surface area contributed by atoms with Crippen LogP contribution in [-0.2, 0) is 11.3 Å². The molecule has 1 aliphatic heterocycles. The summed E-state index contributed by atoms with van der Waals surface area (Å²) >= 11 is 0. The molecule has 0 saturated carbocycles. The van der Waals surface area contributed by atoms with Gasteiger partial charge in [0, 0.05) is 25.4 Å². The summed E-state index contributed by atoms with van der Waals surface area (Å²) in [4.78, 5) is 17.0. The third-order valence-electron chi connectivity index (χ3n) is 4.71. The van der Waals surface area contributed by atoms with Gasteiger partial charge in [0.25, 0.3) is 0 Å². The standard InChI is InChI=1S/C19H26N4O/c1-3-18(22-11-7-8-12-22)19(24)21(2)14-16-13-20-23(15-16)17-9-5-4-6-10-17/h4-6,9-10,13,15,18H,3,7-8,11-12,14H2,1-2H3. The number of benzene rings is 1. The highest BCUT2D eigenvalue weighted by Crippen LogP contribution is 2.17. The number of para-hydroxylation sites is 1. The van der Waals surface area contributed by atoms with Crippen LogP contribution in [0.5, 0.6) is 0 Å². The number of carbonyl (C=O) groups is 1. The highest BCUT2D eigenvalue weighted by molar-refractivity contribution is 5.81. The van der Waals surface area contributed by atoms with Crippen LogP contribution in [0.15, 0.2) is 42.7 Å². The molecule has 24 heavy (non-hydrogen) atoms. The smallest absolute Gasteiger partial charge is 0.239 e. The maximum Gasteiger partial charge on any atom is 0.239 e. The lowest BCUT2D eigenvalue weighted by atomic mass is 10.1. The van der Waals surface area contributed by atoms with Crippen molar-refractivity contribution in [3.8, 4) is 5.69 Å². The zero-order valence-corrected chi connectivity index (χ0v) is 14.6. The van der Waals surface area contributed by atoms with Crippen molar-refractivity contribution in [2.75, 3.05) is 20.1 Å². The molecular weight excluding hydrogens is 300 g/mol. The third kappa shape index (κ3) is 3.67. The topological polar surface area (TPSA) is 41.4 Å². The largest absolute Gasteiger partial charge is 0.340 e. The molecule has 0 N–H and O–H groups in total. The van der Waals surface area contributed by atoms with E-state index in [2.05, 4.69) is 16.9 Å². The lowest BCUT2D eigenvalue weighted by molar-refractivity contribution is -0.136. The molecule has 1 aromatic carbocycles. The normalized spacial score (nSPS) is 16.2. The first-order valence-corrected chi connectivity index (χ1v) is 8.77. The van der Waals surface area contributed by atoms with Crippen molar-refractivity contribution >= 4 is 5.91 Å². The minimum Gasteiger partial charge on any atom is -0.340 e. The van der Waals surface area contributed by atoms with E-state index in [1.807, 2.05) is 59.4 Å². The number of carbonyl (C=O) groups excluding carboxylic acids is 1. The van der Waals surface area contributed by atoms with Gasteiger partial charge in [-0.2, -0.15) is 5.10 Å². The van der Waals surface area contributed by atoms with Gasteiger partial charge >= 0.3 is 0 Å². The van der Waals surface area contributed by atoms with E-state index in [9.17, 15) is 4.79 Å². The molecule has 1 unspecified atom stereocenters. The van der Waals surface area contributed by atoms with E-state index in [0.29, 0.717) is 6.54 Å². The van der Waals surface area contributed by atoms with E-state index in [0.717, 1.165) is 30.8 Å². The summed E-state index contributed by atoms with van der Waals surface area (Å²) in [5, 5.41) is 4.41. The summed E-state index contributed by atoms with van der Waals surface area (Å²) in [6, 6.07) is 10.0. The quantitative estimate of drug-likeness (QED) is 0.819. The molecule has 5 heteroatoms. The SMILES string of the molecule is CCC(C(=O)N(C)Cc1cnn(-c2ccccc2)c1)N1CCCC1. The number of nitrogens with zero attached hydrogens (tertiary/aromatic N) is 4. The van der Waals surface area contributed by atoms with Gasteiger partial charge in [0.05, 0.1) is 17.9 Å². The lowest BCUT2D eigenvalue weighted by Gasteiger charge is -2.29. The Morgan fingerprint density at radius 3 is 2.62 bits per heavy atom. The molecule has 0 spiro atoms. The second-order valence-electron chi connectivity index (χ2n) is 6.49. The Morgan fingerprint density at radius 1 is 1.25 bits per heavy atom. The first-order valence-electron chi connectivity index (χ1n) is 8.77. The molecule has 5 nitrogen and oxygen atoms in total. The first kappa shape index (κ1) is 16.7. The minimum atomic E-state index is 0.0154. The monoisotopic (exact) mass is 326 g/mol. The number of rotatable bonds is 6. The van der Waals surface area contributed by atoms with Crippen LogP contribution < -0.4 is 0 Å². The van der Waals surface area contributed by atoms with Crippen LogP contribution in [0.1, 0.15) is 31.7 Å². The molecule has 0 radical (unpaired) electrons. The maximum atomic E-state index is 12.8. The predicted octanol–water partition coefficient (Wildman–Crippen LogP) is 2.71. The van der Waals surface area contributed by atoms with E-state index in [1.165, 1.54) is 12.8 Å². The highest BCUT2D eigenvalue weighted by atomic mass is 16.2. The molecule has 0 aliphatic carbocycles. The van der Waals surface area contributed by atoms with E-state index in [4.69, 9.17) is 0 Å². The van der Waals surface area contributed by atoms with Crippen LogP contribution in [0.3, 0.4) is 0 Å². The summed E-state index contributed by atoms with van der Waals surface area (Å²) < 4.78 is 1.85. The lowest BCUT2D eigenvalue weighted by Crippen LogP contribution is -2.45. The van der Waals surface area contributed by atoms with Crippen LogP contribution in [0.4, 0.5) is 0 Å². The van der Waals surface area contributed by atoms with Crippen molar-refractivity contribution < 1.29 is 4.79 Å². The predicted molar refractivity (Wildman–Crippen MR) is 94.9 cm³/mol. The Kier molecular flexibility index (Phi) is 5.30. The van der Waals surface area contributed by atoms with Gasteiger partial charge in [0.2, 0.25) is 5.91 Å². The van der Waals surface area contributed by atoms with Gasteiger partial charge in [-0.1, -0.05) is 25.1 Å². The Bertz CT molecular complexity index is 661. The number of likely N-dealkylation sites (N-methyl/N-ethyl adjacent to an activating group) is 1. The third-order valence-corrected chi connectivity index (χ3v) is 4.71. The molecule has 1 atom stereocenters. The number of hydrogen-bond donors (Lipinski definition) is 0. The van der Waals surface area contributed by atoms with Crippen LogP contribution in [0.2, 0.25) is 0 Å². The average molecular weight is 326 g/mol. The highest BCUT2D eigenvalue weighted by Gasteiger charge is 2.28. The van der Waals surface area contributed by atoms with E-state index >= 15 is 0 Å². The summed E-state index contributed by atoms with van der Waals surface area (Å²) in [5.74, 6) is 0.215. The average Bonchev–Trinajstić information content (AvgIpc) is 3.28. The van der Waals surface area contributed by atoms with E-state index in [1.54, 1.807) is 0 Å². The Labute approximate surface area is 143 Å². The van der Waals surface area contributed by atoms with Gasteiger partial charge in [0.15, 0.2) is 0 Å². The summed E-state index contributed by atoms with van der Waals surface area (Å²) in [5.41, 5.74) is 2.08.